The van der Waals surface area contributed by atoms with Crippen LogP contribution in [0.2, 0.25) is 0 Å². The van der Waals surface area contributed by atoms with Gasteiger partial charge in [-0.2, -0.15) is 5.10 Å². The molecule has 0 aliphatic rings. The molecule has 0 aliphatic heterocycles. The van der Waals surface area contributed by atoms with E-state index in [1.54, 1.807) is 11.3 Å². The summed E-state index contributed by atoms with van der Waals surface area (Å²) in [7, 11) is 0. The molecular formula is C13H16N4O2S. The van der Waals surface area contributed by atoms with Crippen LogP contribution in [0, 0.1) is 13.8 Å². The number of thiophene rings is 1. The van der Waals surface area contributed by atoms with Gasteiger partial charge < -0.3 is 11.1 Å². The molecule has 2 amide bonds. The lowest BCUT2D eigenvalue weighted by molar-refractivity contribution is -0.137. The number of aryl methyl sites for hydroxylation is 2. The predicted octanol–water partition coefficient (Wildman–Crippen LogP) is 0.752. The molecule has 3 N–H and O–H groups in total. The van der Waals surface area contributed by atoms with E-state index in [2.05, 4.69) is 10.4 Å². The van der Waals surface area contributed by atoms with Crippen LogP contribution in [0.3, 0.4) is 0 Å². The molecule has 0 spiro atoms. The van der Waals surface area contributed by atoms with Crippen LogP contribution in [0.5, 0.6) is 0 Å². The van der Waals surface area contributed by atoms with Crippen molar-refractivity contribution in [1.82, 2.24) is 15.1 Å². The van der Waals surface area contributed by atoms with Crippen molar-refractivity contribution in [2.24, 2.45) is 5.73 Å². The number of hydrogen-bond donors (Lipinski definition) is 2. The van der Waals surface area contributed by atoms with Gasteiger partial charge in [0.15, 0.2) is 0 Å². The summed E-state index contributed by atoms with van der Waals surface area (Å²) in [6, 6.07) is 5.74. The minimum Gasteiger partial charge on any atom is -0.361 e. The molecule has 0 aromatic carbocycles. The number of aromatic nitrogens is 2. The van der Waals surface area contributed by atoms with Crippen molar-refractivity contribution in [3.05, 3.63) is 39.8 Å². The van der Waals surface area contributed by atoms with Crippen molar-refractivity contribution in [3.63, 3.8) is 0 Å². The molecule has 0 bridgehead atoms. The fraction of sp³-hybridized carbons (Fsp3) is 0.308. The highest BCUT2D eigenvalue weighted by Crippen LogP contribution is 2.23. The fourth-order valence-corrected chi connectivity index (χ4v) is 2.84. The second-order valence-corrected chi connectivity index (χ2v) is 5.46. The molecule has 2 aromatic heterocycles. The first kappa shape index (κ1) is 14.3. The molecule has 0 saturated carbocycles. The van der Waals surface area contributed by atoms with Crippen LogP contribution < -0.4 is 11.1 Å². The first-order valence-corrected chi connectivity index (χ1v) is 7.00. The van der Waals surface area contributed by atoms with E-state index in [9.17, 15) is 9.59 Å². The summed E-state index contributed by atoms with van der Waals surface area (Å²) in [4.78, 5) is 23.2. The highest BCUT2D eigenvalue weighted by molar-refractivity contribution is 7.10. The molecule has 1 atom stereocenters. The number of hydrogen-bond acceptors (Lipinski definition) is 4. The minimum atomic E-state index is -0.983. The van der Waals surface area contributed by atoms with Crippen LogP contribution >= 0.6 is 11.3 Å². The lowest BCUT2D eigenvalue weighted by Gasteiger charge is -2.18. The van der Waals surface area contributed by atoms with E-state index in [1.165, 1.54) is 0 Å². The number of nitrogens with one attached hydrogen (secondary N) is 1. The number of rotatable bonds is 4. The molecule has 7 heteroatoms. The monoisotopic (exact) mass is 292 g/mol. The topological polar surface area (TPSA) is 90.0 Å². The zero-order valence-electron chi connectivity index (χ0n) is 11.3. The van der Waals surface area contributed by atoms with Crippen molar-refractivity contribution in [2.45, 2.75) is 19.9 Å². The highest BCUT2D eigenvalue weighted by atomic mass is 32.1. The zero-order valence-corrected chi connectivity index (χ0v) is 12.1. The van der Waals surface area contributed by atoms with Crippen LogP contribution in [-0.4, -0.2) is 28.1 Å². The van der Waals surface area contributed by atoms with Gasteiger partial charge in [0.2, 0.25) is 0 Å². The van der Waals surface area contributed by atoms with Crippen molar-refractivity contribution >= 4 is 23.2 Å². The average molecular weight is 292 g/mol. The Morgan fingerprint density at radius 2 is 2.25 bits per heavy atom. The maximum Gasteiger partial charge on any atom is 0.309 e. The Bertz CT molecular complexity index is 618. The Labute approximate surface area is 120 Å². The number of nitrogens with zero attached hydrogens (tertiary/aromatic N) is 2. The van der Waals surface area contributed by atoms with Crippen LogP contribution in [-0.2, 0) is 9.59 Å². The Hall–Kier alpha value is -2.15. The van der Waals surface area contributed by atoms with Crippen LogP contribution in [0.25, 0.3) is 0 Å². The smallest absolute Gasteiger partial charge is 0.309 e. The normalized spacial score (nSPS) is 12.1. The van der Waals surface area contributed by atoms with Crippen LogP contribution in [0.4, 0.5) is 0 Å². The molecule has 0 saturated heterocycles. The van der Waals surface area contributed by atoms with Crippen molar-refractivity contribution < 1.29 is 9.59 Å². The van der Waals surface area contributed by atoms with E-state index < -0.39 is 11.8 Å². The van der Waals surface area contributed by atoms with Gasteiger partial charge in [-0.25, -0.2) is 0 Å². The van der Waals surface area contributed by atoms with Gasteiger partial charge >= 0.3 is 11.8 Å². The first-order chi connectivity index (χ1) is 9.49. The van der Waals surface area contributed by atoms with E-state index in [1.807, 2.05) is 42.1 Å². The summed E-state index contributed by atoms with van der Waals surface area (Å²) in [5.41, 5.74) is 6.85. The molecule has 0 radical (unpaired) electrons. The summed E-state index contributed by atoms with van der Waals surface area (Å²) in [5, 5.41) is 8.95. The maximum atomic E-state index is 11.3. The van der Waals surface area contributed by atoms with E-state index in [0.717, 1.165) is 16.3 Å². The number of carbonyl (C=O) groups is 2. The molecular weight excluding hydrogens is 276 g/mol. The third-order valence-corrected chi connectivity index (χ3v) is 3.86. The second kappa shape index (κ2) is 5.87. The Morgan fingerprint density at radius 3 is 2.75 bits per heavy atom. The molecule has 1 unspecified atom stereocenters. The standard InChI is InChI=1S/C13H16N4O2S/c1-8-6-9(2)17(16-8)10(11-4-3-5-20-11)7-15-13(19)12(14)18/h3-6,10H,7H2,1-2H3,(H2,14,18)(H,15,19). The number of amides is 2. The molecule has 0 aliphatic carbocycles. The van der Waals surface area contributed by atoms with Gasteiger partial charge in [-0.05, 0) is 31.4 Å². The van der Waals surface area contributed by atoms with E-state index in [4.69, 9.17) is 5.73 Å². The summed E-state index contributed by atoms with van der Waals surface area (Å²) in [6.45, 7) is 4.14. The first-order valence-electron chi connectivity index (χ1n) is 6.13. The molecule has 2 heterocycles. The third kappa shape index (κ3) is 3.05. The maximum absolute atomic E-state index is 11.3. The number of carbonyl (C=O) groups excluding carboxylic acids is 2. The van der Waals surface area contributed by atoms with Crippen LogP contribution in [0.15, 0.2) is 23.6 Å². The van der Waals surface area contributed by atoms with Crippen molar-refractivity contribution in [1.29, 1.82) is 0 Å². The van der Waals surface area contributed by atoms with Gasteiger partial charge in [0.05, 0.1) is 5.69 Å². The highest BCUT2D eigenvalue weighted by Gasteiger charge is 2.20. The van der Waals surface area contributed by atoms with Crippen LogP contribution in [0.1, 0.15) is 22.3 Å². The van der Waals surface area contributed by atoms with Crippen molar-refractivity contribution in [3.8, 4) is 0 Å². The minimum absolute atomic E-state index is 0.146. The van der Waals surface area contributed by atoms with E-state index in [-0.39, 0.29) is 12.6 Å². The Balaban J connectivity index is 2.24. The molecule has 106 valence electrons. The molecule has 20 heavy (non-hydrogen) atoms. The summed E-state index contributed by atoms with van der Waals surface area (Å²) in [5.74, 6) is -1.77. The summed E-state index contributed by atoms with van der Waals surface area (Å²) < 4.78 is 1.85. The number of primary amides is 1. The molecule has 6 nitrogen and oxygen atoms in total. The Kier molecular flexibility index (Phi) is 4.19. The number of nitrogens with two attached hydrogens (primary N) is 1. The predicted molar refractivity (Wildman–Crippen MR) is 76.4 cm³/mol. The average Bonchev–Trinajstić information content (AvgIpc) is 3.00. The molecule has 2 aromatic rings. The van der Waals surface area contributed by atoms with Gasteiger partial charge in [0.1, 0.15) is 6.04 Å². The molecule has 2 rings (SSSR count). The van der Waals surface area contributed by atoms with E-state index >= 15 is 0 Å². The van der Waals surface area contributed by atoms with Gasteiger partial charge in [0.25, 0.3) is 0 Å². The lowest BCUT2D eigenvalue weighted by atomic mass is 10.2. The fourth-order valence-electron chi connectivity index (χ4n) is 2.03. The third-order valence-electron chi connectivity index (χ3n) is 2.89. The summed E-state index contributed by atoms with van der Waals surface area (Å²) in [6.07, 6.45) is 0. The Morgan fingerprint density at radius 1 is 1.50 bits per heavy atom. The zero-order chi connectivity index (χ0) is 14.7. The second-order valence-electron chi connectivity index (χ2n) is 4.48. The van der Waals surface area contributed by atoms with E-state index in [0.29, 0.717) is 0 Å². The molecule has 0 fully saturated rings. The summed E-state index contributed by atoms with van der Waals surface area (Å²) >= 11 is 1.58. The largest absolute Gasteiger partial charge is 0.361 e. The quantitative estimate of drug-likeness (QED) is 0.815. The lowest BCUT2D eigenvalue weighted by Crippen LogP contribution is -2.39. The van der Waals surface area contributed by atoms with Gasteiger partial charge in [0, 0.05) is 17.1 Å². The SMILES string of the molecule is Cc1cc(C)n(C(CNC(=O)C(N)=O)c2cccs2)n1. The van der Waals surface area contributed by atoms with Gasteiger partial charge in [-0.3, -0.25) is 14.3 Å². The van der Waals surface area contributed by atoms with Gasteiger partial charge in [-0.1, -0.05) is 6.07 Å². The van der Waals surface area contributed by atoms with Crippen molar-refractivity contribution in [2.75, 3.05) is 6.54 Å². The van der Waals surface area contributed by atoms with Gasteiger partial charge in [-0.15, -0.1) is 11.3 Å².